The Balaban J connectivity index is 1.80. The molecule has 1 aliphatic heterocycles. The Kier molecular flexibility index (Phi) is 3.65. The number of nitrogens with one attached hydrogen (secondary N) is 1. The fourth-order valence-corrected chi connectivity index (χ4v) is 4.59. The number of pyridine rings is 1. The van der Waals surface area contributed by atoms with Crippen molar-refractivity contribution < 1.29 is 0 Å². The van der Waals surface area contributed by atoms with E-state index in [1.54, 1.807) is 0 Å². The van der Waals surface area contributed by atoms with E-state index >= 15 is 0 Å². The Bertz CT molecular complexity index is 1200. The van der Waals surface area contributed by atoms with Gasteiger partial charge in [0.25, 0.3) is 0 Å². The van der Waals surface area contributed by atoms with E-state index < -0.39 is 5.66 Å². The minimum atomic E-state index is -0.551. The largest absolute Gasteiger partial charge is 0.369 e. The molecule has 0 saturated heterocycles. The van der Waals surface area contributed by atoms with Crippen LogP contribution in [0.3, 0.4) is 0 Å². The maximum Gasteiger partial charge on any atom is 0.220 e. The Morgan fingerprint density at radius 1 is 0.964 bits per heavy atom. The number of benzene rings is 2. The maximum absolute atomic E-state index is 13.1. The number of nitrogens with zero attached hydrogens (tertiary/aromatic N) is 3. The number of aromatic nitrogens is 1. The lowest BCUT2D eigenvalue weighted by Crippen LogP contribution is -2.58. The van der Waals surface area contributed by atoms with Crippen molar-refractivity contribution >= 4 is 39.4 Å². The standard InChI is InChI=1S/C21H22N6O/c22-19-25-20(23)27(21(26-19)11-4-1-5-12-21)16-10-6-8-14-17(16)24-15-9-3-2-7-13(15)18(14)28/h2-3,6-10H,1,4-5,11-12H2,(H,24,28)(H4,22,23,25,26). The van der Waals surface area contributed by atoms with E-state index in [1.165, 1.54) is 6.42 Å². The third kappa shape index (κ3) is 2.39. The smallest absolute Gasteiger partial charge is 0.220 e. The number of hydrogen-bond donors (Lipinski definition) is 3. The van der Waals surface area contributed by atoms with Crippen LogP contribution in [0.25, 0.3) is 21.8 Å². The molecule has 7 heteroatoms. The molecular formula is C21H22N6O. The highest BCUT2D eigenvalue weighted by Gasteiger charge is 2.43. The van der Waals surface area contributed by atoms with E-state index in [0.717, 1.165) is 42.4 Å². The minimum Gasteiger partial charge on any atom is -0.369 e. The molecule has 5 N–H and O–H groups in total. The van der Waals surface area contributed by atoms with E-state index in [2.05, 4.69) is 9.98 Å². The first-order valence-corrected chi connectivity index (χ1v) is 9.63. The zero-order chi connectivity index (χ0) is 19.3. The van der Waals surface area contributed by atoms with Gasteiger partial charge in [-0.05, 0) is 49.9 Å². The van der Waals surface area contributed by atoms with Crippen LogP contribution in [-0.4, -0.2) is 22.6 Å². The quantitative estimate of drug-likeness (QED) is 0.568. The number of aromatic amines is 1. The third-order valence-electron chi connectivity index (χ3n) is 5.81. The van der Waals surface area contributed by atoms with Crippen LogP contribution in [0, 0.1) is 0 Å². The molecule has 5 rings (SSSR count). The maximum atomic E-state index is 13.1. The molecule has 0 radical (unpaired) electrons. The number of aliphatic imine (C=N–C) groups is 2. The molecule has 0 unspecified atom stereocenters. The predicted octanol–water partition coefficient (Wildman–Crippen LogP) is 2.79. The number of anilines is 1. The molecular weight excluding hydrogens is 352 g/mol. The van der Waals surface area contributed by atoms with Crippen molar-refractivity contribution in [3.63, 3.8) is 0 Å². The van der Waals surface area contributed by atoms with Crippen LogP contribution in [-0.2, 0) is 0 Å². The van der Waals surface area contributed by atoms with Gasteiger partial charge in [-0.1, -0.05) is 24.6 Å². The van der Waals surface area contributed by atoms with Crippen molar-refractivity contribution in [3.05, 3.63) is 52.7 Å². The highest BCUT2D eigenvalue weighted by molar-refractivity contribution is 6.10. The van der Waals surface area contributed by atoms with Gasteiger partial charge in [-0.15, -0.1) is 0 Å². The van der Waals surface area contributed by atoms with Gasteiger partial charge < -0.3 is 16.5 Å². The molecule has 2 heterocycles. The van der Waals surface area contributed by atoms with Crippen LogP contribution < -0.4 is 21.8 Å². The number of rotatable bonds is 1. The lowest BCUT2D eigenvalue weighted by molar-refractivity contribution is 0.306. The number of nitrogens with two attached hydrogens (primary N) is 2. The summed E-state index contributed by atoms with van der Waals surface area (Å²) >= 11 is 0. The van der Waals surface area contributed by atoms with Crippen LogP contribution in [0.5, 0.6) is 0 Å². The zero-order valence-corrected chi connectivity index (χ0v) is 15.5. The van der Waals surface area contributed by atoms with Crippen molar-refractivity contribution in [2.24, 2.45) is 21.5 Å². The average Bonchev–Trinajstić information content (AvgIpc) is 2.69. The summed E-state index contributed by atoms with van der Waals surface area (Å²) in [7, 11) is 0. The second-order valence-corrected chi connectivity index (χ2v) is 7.52. The lowest BCUT2D eigenvalue weighted by Gasteiger charge is -2.45. The van der Waals surface area contributed by atoms with Gasteiger partial charge in [-0.3, -0.25) is 9.69 Å². The Morgan fingerprint density at radius 2 is 1.71 bits per heavy atom. The molecule has 1 saturated carbocycles. The SMILES string of the molecule is NC1=NC2(CCCCC2)N(c2cccc3c(=O)c4ccccc4[nH]c23)C(N)=N1. The Morgan fingerprint density at radius 3 is 2.54 bits per heavy atom. The monoisotopic (exact) mass is 374 g/mol. The Hall–Kier alpha value is -3.35. The van der Waals surface area contributed by atoms with Crippen LogP contribution in [0.15, 0.2) is 57.2 Å². The van der Waals surface area contributed by atoms with Gasteiger partial charge in [-0.25, -0.2) is 4.99 Å². The summed E-state index contributed by atoms with van der Waals surface area (Å²) in [6.45, 7) is 0. The van der Waals surface area contributed by atoms with Crippen LogP contribution in [0.4, 0.5) is 5.69 Å². The molecule has 1 fully saturated rings. The summed E-state index contributed by atoms with van der Waals surface area (Å²) in [4.78, 5) is 27.5. The number of H-pyrrole nitrogens is 1. The van der Waals surface area contributed by atoms with Crippen LogP contribution in [0.1, 0.15) is 32.1 Å². The molecule has 2 aromatic carbocycles. The van der Waals surface area contributed by atoms with Gasteiger partial charge in [0.1, 0.15) is 5.66 Å². The van der Waals surface area contributed by atoms with Crippen molar-refractivity contribution in [2.75, 3.05) is 4.90 Å². The molecule has 7 nitrogen and oxygen atoms in total. The fourth-order valence-electron chi connectivity index (χ4n) is 4.59. The first kappa shape index (κ1) is 16.8. The van der Waals surface area contributed by atoms with Crippen molar-refractivity contribution in [3.8, 4) is 0 Å². The summed E-state index contributed by atoms with van der Waals surface area (Å²) in [6, 6.07) is 13.2. The molecule has 0 amide bonds. The van der Waals surface area contributed by atoms with Gasteiger partial charge in [0.15, 0.2) is 5.43 Å². The number of fused-ring (bicyclic) bond motifs is 2. The predicted molar refractivity (Wildman–Crippen MR) is 114 cm³/mol. The van der Waals surface area contributed by atoms with E-state index in [1.807, 2.05) is 47.4 Å². The lowest BCUT2D eigenvalue weighted by atomic mass is 9.87. The van der Waals surface area contributed by atoms with E-state index in [-0.39, 0.29) is 11.4 Å². The molecule has 1 aliphatic carbocycles. The molecule has 3 aromatic rings. The van der Waals surface area contributed by atoms with Crippen molar-refractivity contribution in [1.82, 2.24) is 4.98 Å². The summed E-state index contributed by atoms with van der Waals surface area (Å²) < 4.78 is 0. The van der Waals surface area contributed by atoms with Gasteiger partial charge >= 0.3 is 0 Å². The molecule has 2 aliphatic rings. The first-order chi connectivity index (χ1) is 13.6. The topological polar surface area (TPSA) is 113 Å². The summed E-state index contributed by atoms with van der Waals surface area (Å²) in [5, 5.41) is 1.29. The second-order valence-electron chi connectivity index (χ2n) is 7.52. The third-order valence-corrected chi connectivity index (χ3v) is 5.81. The van der Waals surface area contributed by atoms with Gasteiger partial charge in [0, 0.05) is 16.3 Å². The van der Waals surface area contributed by atoms with E-state index in [9.17, 15) is 4.79 Å². The zero-order valence-electron chi connectivity index (χ0n) is 15.5. The molecule has 1 spiro atoms. The van der Waals surface area contributed by atoms with Gasteiger partial charge in [-0.2, -0.15) is 4.99 Å². The van der Waals surface area contributed by atoms with Crippen LogP contribution >= 0.6 is 0 Å². The van der Waals surface area contributed by atoms with E-state index in [4.69, 9.17) is 16.5 Å². The van der Waals surface area contributed by atoms with Crippen molar-refractivity contribution in [2.45, 2.75) is 37.8 Å². The molecule has 0 bridgehead atoms. The normalized spacial score (nSPS) is 19.1. The number of para-hydroxylation sites is 2. The van der Waals surface area contributed by atoms with Gasteiger partial charge in [0.05, 0.1) is 11.2 Å². The fraction of sp³-hybridized carbons (Fsp3) is 0.286. The molecule has 0 atom stereocenters. The highest BCUT2D eigenvalue weighted by atomic mass is 16.1. The molecule has 28 heavy (non-hydrogen) atoms. The summed E-state index contributed by atoms with van der Waals surface area (Å²) in [5.41, 5.74) is 14.1. The Labute approximate surface area is 161 Å². The van der Waals surface area contributed by atoms with E-state index in [0.29, 0.717) is 16.7 Å². The molecule has 142 valence electrons. The number of hydrogen-bond acceptors (Lipinski definition) is 6. The van der Waals surface area contributed by atoms with Crippen LogP contribution in [0.2, 0.25) is 0 Å². The number of guanidine groups is 2. The summed E-state index contributed by atoms with van der Waals surface area (Å²) in [6.07, 6.45) is 4.95. The summed E-state index contributed by atoms with van der Waals surface area (Å²) in [5.74, 6) is 0.533. The first-order valence-electron chi connectivity index (χ1n) is 9.63. The van der Waals surface area contributed by atoms with Gasteiger partial charge in [0.2, 0.25) is 11.9 Å². The average molecular weight is 374 g/mol. The second kappa shape index (κ2) is 6.09. The highest BCUT2D eigenvalue weighted by Crippen LogP contribution is 2.41. The van der Waals surface area contributed by atoms with Crippen molar-refractivity contribution in [1.29, 1.82) is 0 Å². The minimum absolute atomic E-state index is 0.000529. The molecule has 1 aromatic heterocycles.